The van der Waals surface area contributed by atoms with E-state index in [0.29, 0.717) is 17.9 Å². The van der Waals surface area contributed by atoms with Crippen LogP contribution in [-0.4, -0.2) is 29.1 Å². The molecule has 2 atom stereocenters. The summed E-state index contributed by atoms with van der Waals surface area (Å²) in [7, 11) is 0. The highest BCUT2D eigenvalue weighted by Gasteiger charge is 2.28. The minimum atomic E-state index is -1.38. The number of benzene rings is 2. The summed E-state index contributed by atoms with van der Waals surface area (Å²) in [6.45, 7) is 0. The van der Waals surface area contributed by atoms with Gasteiger partial charge in [0.15, 0.2) is 0 Å². The van der Waals surface area contributed by atoms with E-state index in [2.05, 4.69) is 5.32 Å². The summed E-state index contributed by atoms with van der Waals surface area (Å²) in [5.41, 5.74) is 6.44. The number of nitrogens with one attached hydrogen (secondary N) is 1. The fourth-order valence-corrected chi connectivity index (χ4v) is 3.81. The van der Waals surface area contributed by atoms with Gasteiger partial charge in [-0.2, -0.15) is 0 Å². The number of aliphatic hydroxyl groups excluding tert-OH is 1. The van der Waals surface area contributed by atoms with Crippen molar-refractivity contribution in [3.63, 3.8) is 0 Å². The largest absolute Gasteiger partial charge is 0.382 e. The molecule has 0 saturated heterocycles. The number of carbonyl (C=O) groups excluding carboxylic acids is 2. The van der Waals surface area contributed by atoms with Gasteiger partial charge in [-0.3, -0.25) is 14.9 Å². The fourth-order valence-electron chi connectivity index (χ4n) is 3.81. The lowest BCUT2D eigenvalue weighted by Crippen LogP contribution is -2.48. The standard InChI is InChI=1S/C21H26N2O3.ClH/c22-18(13-14-7-2-1-3-8-14)19(24)21(26)23-20(25)17-12-6-10-15-9-4-5-11-16(15)17;/h4-6,9-12,14,18-19,24H,1-3,7-8,13,22H2,(H,23,25,26);1H/t18-,19+;/m1./s1. The van der Waals surface area contributed by atoms with E-state index in [1.807, 2.05) is 30.3 Å². The van der Waals surface area contributed by atoms with E-state index in [0.717, 1.165) is 23.6 Å². The molecule has 2 aromatic carbocycles. The highest BCUT2D eigenvalue weighted by Crippen LogP contribution is 2.27. The van der Waals surface area contributed by atoms with E-state index in [1.54, 1.807) is 12.1 Å². The van der Waals surface area contributed by atoms with Crippen LogP contribution in [0.5, 0.6) is 0 Å². The average Bonchev–Trinajstić information content (AvgIpc) is 2.67. The number of amides is 2. The topological polar surface area (TPSA) is 92.4 Å². The number of imide groups is 1. The van der Waals surface area contributed by atoms with Crippen molar-refractivity contribution in [2.45, 2.75) is 50.7 Å². The maximum Gasteiger partial charge on any atom is 0.258 e. The fraction of sp³-hybridized carbons (Fsp3) is 0.429. The van der Waals surface area contributed by atoms with Crippen molar-refractivity contribution in [2.24, 2.45) is 11.7 Å². The Morgan fingerprint density at radius 3 is 2.48 bits per heavy atom. The molecule has 0 bridgehead atoms. The summed E-state index contributed by atoms with van der Waals surface area (Å²) in [4.78, 5) is 24.8. The van der Waals surface area contributed by atoms with Crippen LogP contribution in [0.15, 0.2) is 42.5 Å². The van der Waals surface area contributed by atoms with Crippen LogP contribution in [-0.2, 0) is 4.79 Å². The first-order valence-corrected chi connectivity index (χ1v) is 9.33. The predicted molar refractivity (Wildman–Crippen MR) is 109 cm³/mol. The second-order valence-corrected chi connectivity index (χ2v) is 7.19. The van der Waals surface area contributed by atoms with Gasteiger partial charge >= 0.3 is 0 Å². The highest BCUT2D eigenvalue weighted by molar-refractivity contribution is 6.12. The molecule has 0 unspecified atom stereocenters. The minimum absolute atomic E-state index is 0. The van der Waals surface area contributed by atoms with Crippen LogP contribution in [0.25, 0.3) is 10.8 Å². The Bertz CT molecular complexity index is 785. The number of carbonyl (C=O) groups is 2. The van der Waals surface area contributed by atoms with Gasteiger partial charge in [0, 0.05) is 11.6 Å². The quantitative estimate of drug-likeness (QED) is 0.731. The number of aliphatic hydroxyl groups is 1. The Labute approximate surface area is 165 Å². The van der Waals surface area contributed by atoms with Crippen molar-refractivity contribution < 1.29 is 14.7 Å². The molecule has 1 fully saturated rings. The van der Waals surface area contributed by atoms with Crippen molar-refractivity contribution in [3.05, 3.63) is 48.0 Å². The highest BCUT2D eigenvalue weighted by atomic mass is 35.5. The summed E-state index contributed by atoms with van der Waals surface area (Å²) in [6.07, 6.45) is 5.02. The third-order valence-electron chi connectivity index (χ3n) is 5.28. The number of fused-ring (bicyclic) bond motifs is 1. The van der Waals surface area contributed by atoms with Crippen LogP contribution in [0.1, 0.15) is 48.9 Å². The molecule has 0 heterocycles. The Morgan fingerprint density at radius 1 is 1.07 bits per heavy atom. The second kappa shape index (κ2) is 9.83. The van der Waals surface area contributed by atoms with Crippen LogP contribution in [0, 0.1) is 5.92 Å². The van der Waals surface area contributed by atoms with Crippen LogP contribution in [0.3, 0.4) is 0 Å². The Morgan fingerprint density at radius 2 is 1.74 bits per heavy atom. The molecule has 0 spiro atoms. The first-order valence-electron chi connectivity index (χ1n) is 9.33. The maximum atomic E-state index is 12.5. The van der Waals surface area contributed by atoms with Gasteiger partial charge in [-0.05, 0) is 29.2 Å². The minimum Gasteiger partial charge on any atom is -0.382 e. The normalized spacial score (nSPS) is 17.0. The molecule has 2 amide bonds. The zero-order valence-electron chi connectivity index (χ0n) is 15.3. The first-order chi connectivity index (χ1) is 12.6. The third-order valence-corrected chi connectivity index (χ3v) is 5.28. The van der Waals surface area contributed by atoms with Crippen LogP contribution < -0.4 is 11.1 Å². The van der Waals surface area contributed by atoms with Gasteiger partial charge in [0.25, 0.3) is 11.8 Å². The van der Waals surface area contributed by atoms with Crippen molar-refractivity contribution >= 4 is 35.0 Å². The molecule has 1 saturated carbocycles. The van der Waals surface area contributed by atoms with Gasteiger partial charge in [0.2, 0.25) is 0 Å². The van der Waals surface area contributed by atoms with E-state index < -0.39 is 24.0 Å². The van der Waals surface area contributed by atoms with E-state index >= 15 is 0 Å². The molecule has 0 radical (unpaired) electrons. The Hall–Kier alpha value is -1.95. The summed E-state index contributed by atoms with van der Waals surface area (Å²) in [6, 6.07) is 12.2. The molecule has 1 aliphatic rings. The van der Waals surface area contributed by atoms with E-state index in [4.69, 9.17) is 5.73 Å². The molecule has 146 valence electrons. The molecule has 6 heteroatoms. The zero-order chi connectivity index (χ0) is 18.5. The zero-order valence-corrected chi connectivity index (χ0v) is 16.1. The number of rotatable bonds is 5. The number of nitrogens with two attached hydrogens (primary N) is 1. The molecule has 4 N–H and O–H groups in total. The molecule has 0 aliphatic heterocycles. The molecule has 1 aliphatic carbocycles. The van der Waals surface area contributed by atoms with Crippen molar-refractivity contribution in [3.8, 4) is 0 Å². The Balaban J connectivity index is 0.00000261. The first kappa shape index (κ1) is 21.4. The van der Waals surface area contributed by atoms with Crippen molar-refractivity contribution in [1.82, 2.24) is 5.32 Å². The van der Waals surface area contributed by atoms with Gasteiger partial charge in [-0.15, -0.1) is 12.4 Å². The molecular weight excluding hydrogens is 364 g/mol. The van der Waals surface area contributed by atoms with Gasteiger partial charge in [-0.1, -0.05) is 68.5 Å². The summed E-state index contributed by atoms with van der Waals surface area (Å²) >= 11 is 0. The van der Waals surface area contributed by atoms with Crippen LogP contribution >= 0.6 is 12.4 Å². The third kappa shape index (κ3) is 5.28. The molecule has 3 rings (SSSR count). The van der Waals surface area contributed by atoms with Crippen LogP contribution in [0.2, 0.25) is 0 Å². The van der Waals surface area contributed by atoms with Gasteiger partial charge in [0.05, 0.1) is 0 Å². The smallest absolute Gasteiger partial charge is 0.258 e. The average molecular weight is 391 g/mol. The lowest BCUT2D eigenvalue weighted by Gasteiger charge is -2.26. The van der Waals surface area contributed by atoms with Gasteiger partial charge in [0.1, 0.15) is 6.10 Å². The molecule has 2 aromatic rings. The number of hydrogen-bond acceptors (Lipinski definition) is 4. The van der Waals surface area contributed by atoms with Crippen LogP contribution in [0.4, 0.5) is 0 Å². The van der Waals surface area contributed by atoms with Crippen molar-refractivity contribution in [2.75, 3.05) is 0 Å². The predicted octanol–water partition coefficient (Wildman–Crippen LogP) is 3.18. The number of halogens is 1. The second-order valence-electron chi connectivity index (χ2n) is 7.19. The summed E-state index contributed by atoms with van der Waals surface area (Å²) in [5.74, 6) is -0.795. The monoisotopic (exact) mass is 390 g/mol. The number of hydrogen-bond donors (Lipinski definition) is 3. The van der Waals surface area contributed by atoms with E-state index in [-0.39, 0.29) is 12.4 Å². The molecule has 27 heavy (non-hydrogen) atoms. The van der Waals surface area contributed by atoms with Gasteiger partial charge < -0.3 is 10.8 Å². The molecule has 5 nitrogen and oxygen atoms in total. The SMILES string of the molecule is Cl.N[C@H](CC1CCCCC1)[C@H](O)C(=O)NC(=O)c1cccc2ccccc12. The summed E-state index contributed by atoms with van der Waals surface area (Å²) < 4.78 is 0. The molecule has 0 aromatic heterocycles. The molecular formula is C21H27ClN2O3. The summed E-state index contributed by atoms with van der Waals surface area (Å²) in [5, 5.41) is 14.2. The van der Waals surface area contributed by atoms with Crippen molar-refractivity contribution in [1.29, 1.82) is 0 Å². The Kier molecular flexibility index (Phi) is 7.78. The van der Waals surface area contributed by atoms with E-state index in [9.17, 15) is 14.7 Å². The van der Waals surface area contributed by atoms with Gasteiger partial charge in [-0.25, -0.2) is 0 Å². The maximum absolute atomic E-state index is 12.5. The lowest BCUT2D eigenvalue weighted by atomic mass is 9.84. The van der Waals surface area contributed by atoms with E-state index in [1.165, 1.54) is 19.3 Å². The lowest BCUT2D eigenvalue weighted by molar-refractivity contribution is -0.129.